The second-order valence-corrected chi connectivity index (χ2v) is 8.77. The van der Waals surface area contributed by atoms with Gasteiger partial charge in [0.1, 0.15) is 5.65 Å². The molecule has 0 bridgehead atoms. The molecular weight excluding hydrogens is 390 g/mol. The van der Waals surface area contributed by atoms with Crippen LogP contribution in [0.4, 0.5) is 5.69 Å². The highest BCUT2D eigenvalue weighted by atomic mass is 16.1. The number of nitrogens with zero attached hydrogens (tertiary/aromatic N) is 5. The molecule has 0 aliphatic carbocycles. The zero-order chi connectivity index (χ0) is 21.6. The number of rotatable bonds is 3. The second-order valence-electron chi connectivity index (χ2n) is 8.77. The molecule has 31 heavy (non-hydrogen) atoms. The summed E-state index contributed by atoms with van der Waals surface area (Å²) in [6.45, 7) is 8.07. The summed E-state index contributed by atoms with van der Waals surface area (Å²) in [5.74, 6) is 0. The van der Waals surface area contributed by atoms with Gasteiger partial charge in [0, 0.05) is 44.6 Å². The van der Waals surface area contributed by atoms with Crippen molar-refractivity contribution < 1.29 is 0 Å². The zero-order valence-electron chi connectivity index (χ0n) is 17.9. The van der Waals surface area contributed by atoms with Crippen molar-refractivity contribution >= 4 is 23.1 Å². The number of fused-ring (bicyclic) bond motifs is 1. The smallest absolute Gasteiger partial charge is 0.258 e. The van der Waals surface area contributed by atoms with Gasteiger partial charge < -0.3 is 16.0 Å². The number of aryl methyl sites for hydroxylation is 2. The molecule has 0 unspecified atom stereocenters. The number of piperidine rings is 1. The third-order valence-corrected chi connectivity index (χ3v) is 6.53. The van der Waals surface area contributed by atoms with Gasteiger partial charge in [-0.2, -0.15) is 0 Å². The highest BCUT2D eigenvalue weighted by Gasteiger charge is 2.39. The molecule has 0 saturated carbocycles. The molecule has 8 heteroatoms. The maximum atomic E-state index is 12.8. The van der Waals surface area contributed by atoms with Crippen molar-refractivity contribution in [2.24, 2.45) is 11.1 Å². The van der Waals surface area contributed by atoms with Gasteiger partial charge >= 0.3 is 0 Å². The molecule has 5 rings (SSSR count). The van der Waals surface area contributed by atoms with Crippen molar-refractivity contribution in [2.45, 2.75) is 26.7 Å². The molecule has 2 aliphatic heterocycles. The molecule has 3 aromatic heterocycles. The van der Waals surface area contributed by atoms with Crippen molar-refractivity contribution in [2.75, 3.05) is 31.1 Å². The standard InChI is InChI=1S/C23H27N7O/c1-15-11-26-19(16(2)27-15)9-18(24)20-10-22(31)30-12-17(3-4-21(30)28-20)29-7-5-23(6-8-29)13-25-14-23/h3-4,9-12,25H,5-8,13-14,24H2,1-2H3/b18-9-. The summed E-state index contributed by atoms with van der Waals surface area (Å²) in [6.07, 6.45) is 7.67. The lowest BCUT2D eigenvalue weighted by Gasteiger charge is -2.48. The van der Waals surface area contributed by atoms with E-state index in [0.29, 0.717) is 28.1 Å². The Bertz CT molecular complexity index is 1230. The Kier molecular flexibility index (Phi) is 4.74. The van der Waals surface area contributed by atoms with Crippen molar-refractivity contribution in [1.29, 1.82) is 0 Å². The van der Waals surface area contributed by atoms with E-state index in [1.807, 2.05) is 32.2 Å². The third-order valence-electron chi connectivity index (χ3n) is 6.53. The van der Waals surface area contributed by atoms with Crippen molar-refractivity contribution in [3.8, 4) is 0 Å². The van der Waals surface area contributed by atoms with Gasteiger partial charge in [0.25, 0.3) is 5.56 Å². The Labute approximate surface area is 180 Å². The molecule has 2 fully saturated rings. The lowest BCUT2D eigenvalue weighted by molar-refractivity contribution is 0.126. The summed E-state index contributed by atoms with van der Waals surface area (Å²) in [5.41, 5.74) is 11.4. The molecule has 5 heterocycles. The van der Waals surface area contributed by atoms with Crippen LogP contribution in [0.1, 0.15) is 35.6 Å². The normalized spacial score (nSPS) is 18.4. The molecule has 0 atom stereocenters. The maximum Gasteiger partial charge on any atom is 0.258 e. The first-order valence-corrected chi connectivity index (χ1v) is 10.7. The van der Waals surface area contributed by atoms with Crippen LogP contribution >= 0.6 is 0 Å². The van der Waals surface area contributed by atoms with Gasteiger partial charge in [-0.05, 0) is 50.3 Å². The zero-order valence-corrected chi connectivity index (χ0v) is 17.9. The number of hydrogen-bond acceptors (Lipinski definition) is 7. The molecule has 2 saturated heterocycles. The first kappa shape index (κ1) is 19.7. The molecular formula is C23H27N7O. The van der Waals surface area contributed by atoms with E-state index in [2.05, 4.69) is 25.2 Å². The topological polar surface area (TPSA) is 101 Å². The Morgan fingerprint density at radius 1 is 1.19 bits per heavy atom. The molecule has 1 spiro atoms. The van der Waals surface area contributed by atoms with Crippen LogP contribution in [-0.4, -0.2) is 45.5 Å². The van der Waals surface area contributed by atoms with Crippen LogP contribution < -0.4 is 21.5 Å². The van der Waals surface area contributed by atoms with Crippen LogP contribution in [0, 0.1) is 19.3 Å². The Hall–Kier alpha value is -3.26. The molecule has 3 aromatic rings. The first-order chi connectivity index (χ1) is 14.9. The fourth-order valence-corrected chi connectivity index (χ4v) is 4.47. The largest absolute Gasteiger partial charge is 0.397 e. The van der Waals surface area contributed by atoms with Crippen LogP contribution in [0.25, 0.3) is 17.4 Å². The molecule has 3 N–H and O–H groups in total. The summed E-state index contributed by atoms with van der Waals surface area (Å²) in [5, 5.41) is 3.40. The summed E-state index contributed by atoms with van der Waals surface area (Å²) >= 11 is 0. The average molecular weight is 418 g/mol. The van der Waals surface area contributed by atoms with E-state index < -0.39 is 0 Å². The first-order valence-electron chi connectivity index (χ1n) is 10.7. The Morgan fingerprint density at radius 2 is 1.97 bits per heavy atom. The third kappa shape index (κ3) is 3.67. The minimum atomic E-state index is -0.151. The minimum Gasteiger partial charge on any atom is -0.397 e. The average Bonchev–Trinajstić information content (AvgIpc) is 2.74. The minimum absolute atomic E-state index is 0.151. The van der Waals surface area contributed by atoms with Crippen molar-refractivity contribution in [3.05, 3.63) is 63.7 Å². The lowest BCUT2D eigenvalue weighted by Crippen LogP contribution is -2.58. The molecule has 2 aliphatic rings. The molecule has 0 radical (unpaired) electrons. The molecule has 8 nitrogen and oxygen atoms in total. The molecule has 160 valence electrons. The highest BCUT2D eigenvalue weighted by Crippen LogP contribution is 2.36. The van der Waals surface area contributed by atoms with E-state index in [1.54, 1.807) is 16.7 Å². The van der Waals surface area contributed by atoms with Crippen molar-refractivity contribution in [3.63, 3.8) is 0 Å². The van der Waals surface area contributed by atoms with Crippen LogP contribution in [0.5, 0.6) is 0 Å². The number of aromatic nitrogens is 4. The van der Waals surface area contributed by atoms with Crippen LogP contribution in [0.2, 0.25) is 0 Å². The van der Waals surface area contributed by atoms with Gasteiger partial charge in [0.15, 0.2) is 0 Å². The predicted octanol–water partition coefficient (Wildman–Crippen LogP) is 1.75. The number of hydrogen-bond donors (Lipinski definition) is 2. The Balaban J connectivity index is 1.43. The molecule has 0 aromatic carbocycles. The van der Waals surface area contributed by atoms with Gasteiger partial charge in [-0.1, -0.05) is 0 Å². The lowest BCUT2D eigenvalue weighted by atomic mass is 9.73. The van der Waals surface area contributed by atoms with E-state index in [1.165, 1.54) is 18.9 Å². The maximum absolute atomic E-state index is 12.8. The van der Waals surface area contributed by atoms with E-state index in [9.17, 15) is 4.79 Å². The van der Waals surface area contributed by atoms with Gasteiger partial charge in [0.2, 0.25) is 0 Å². The van der Waals surface area contributed by atoms with Crippen LogP contribution in [-0.2, 0) is 0 Å². The quantitative estimate of drug-likeness (QED) is 0.669. The summed E-state index contributed by atoms with van der Waals surface area (Å²) in [6, 6.07) is 5.41. The molecule has 0 amide bonds. The van der Waals surface area contributed by atoms with Gasteiger partial charge in [-0.25, -0.2) is 4.98 Å². The number of pyridine rings is 1. The SMILES string of the molecule is Cc1cnc(/C=C(\N)c2cc(=O)n3cc(N4CCC5(CC4)CNC5)ccc3n2)c(C)n1. The second kappa shape index (κ2) is 7.46. The predicted molar refractivity (Wildman–Crippen MR) is 122 cm³/mol. The van der Waals surface area contributed by atoms with E-state index in [-0.39, 0.29) is 5.56 Å². The fourth-order valence-electron chi connectivity index (χ4n) is 4.47. The summed E-state index contributed by atoms with van der Waals surface area (Å²) in [7, 11) is 0. The fraction of sp³-hybridized carbons (Fsp3) is 0.391. The van der Waals surface area contributed by atoms with Gasteiger partial charge in [-0.3, -0.25) is 19.2 Å². The summed E-state index contributed by atoms with van der Waals surface area (Å²) < 4.78 is 1.60. The number of nitrogens with two attached hydrogens (primary N) is 1. The monoisotopic (exact) mass is 417 g/mol. The van der Waals surface area contributed by atoms with E-state index in [4.69, 9.17) is 5.73 Å². The van der Waals surface area contributed by atoms with Crippen molar-refractivity contribution in [1.82, 2.24) is 24.7 Å². The van der Waals surface area contributed by atoms with Gasteiger partial charge in [-0.15, -0.1) is 0 Å². The summed E-state index contributed by atoms with van der Waals surface area (Å²) in [4.78, 5) is 28.6. The number of anilines is 1. The van der Waals surface area contributed by atoms with Gasteiger partial charge in [0.05, 0.1) is 34.2 Å². The van der Waals surface area contributed by atoms with E-state index in [0.717, 1.165) is 43.3 Å². The van der Waals surface area contributed by atoms with Crippen LogP contribution in [0.3, 0.4) is 0 Å². The van der Waals surface area contributed by atoms with E-state index >= 15 is 0 Å². The number of nitrogens with one attached hydrogen (secondary N) is 1. The van der Waals surface area contributed by atoms with Crippen LogP contribution in [0.15, 0.2) is 35.4 Å². The highest BCUT2D eigenvalue weighted by molar-refractivity contribution is 5.77. The Morgan fingerprint density at radius 3 is 2.65 bits per heavy atom.